The minimum atomic E-state index is -4.83. The lowest BCUT2D eigenvalue weighted by molar-refractivity contribution is -0.274. The number of fused-ring (bicyclic) bond motifs is 1. The number of urea groups is 1. The average Bonchev–Trinajstić information content (AvgIpc) is 2.97. The monoisotopic (exact) mass is 340 g/mol. The maximum Gasteiger partial charge on any atom is 0.573 e. The van der Waals surface area contributed by atoms with Gasteiger partial charge < -0.3 is 19.8 Å². The minimum absolute atomic E-state index is 0.0597. The second kappa shape index (κ2) is 6.46. The fraction of sp³-hybridized carbons (Fsp3) is 0.312. The third-order valence-corrected chi connectivity index (χ3v) is 3.72. The van der Waals surface area contributed by atoms with Crippen molar-refractivity contribution in [2.75, 3.05) is 5.32 Å². The highest BCUT2D eigenvalue weighted by Crippen LogP contribution is 2.32. The van der Waals surface area contributed by atoms with Gasteiger partial charge in [-0.2, -0.15) is 0 Å². The highest BCUT2D eigenvalue weighted by Gasteiger charge is 2.32. The summed E-state index contributed by atoms with van der Waals surface area (Å²) in [6.45, 7) is 0. The molecule has 1 aromatic heterocycles. The zero-order valence-electron chi connectivity index (χ0n) is 12.5. The predicted molar refractivity (Wildman–Crippen MR) is 79.7 cm³/mol. The first kappa shape index (κ1) is 16.2. The summed E-state index contributed by atoms with van der Waals surface area (Å²) in [4.78, 5) is 12.1. The smallest absolute Gasteiger partial charge is 0.469 e. The van der Waals surface area contributed by atoms with Crippen molar-refractivity contribution in [1.29, 1.82) is 0 Å². The van der Waals surface area contributed by atoms with Crippen molar-refractivity contribution in [1.82, 2.24) is 5.32 Å². The van der Waals surface area contributed by atoms with Gasteiger partial charge >= 0.3 is 12.4 Å². The molecule has 1 atom stereocenters. The quantitative estimate of drug-likeness (QED) is 0.872. The first-order chi connectivity index (χ1) is 11.4. The van der Waals surface area contributed by atoms with Gasteiger partial charge in [0.1, 0.15) is 5.76 Å². The largest absolute Gasteiger partial charge is 0.573 e. The van der Waals surface area contributed by atoms with E-state index in [-0.39, 0.29) is 11.7 Å². The molecule has 1 unspecified atom stereocenters. The van der Waals surface area contributed by atoms with Gasteiger partial charge in [0.05, 0.1) is 18.0 Å². The molecule has 2 N–H and O–H groups in total. The summed E-state index contributed by atoms with van der Waals surface area (Å²) in [5, 5.41) is 5.15. The number of anilines is 1. The van der Waals surface area contributed by atoms with Crippen molar-refractivity contribution >= 4 is 11.7 Å². The fourth-order valence-electron chi connectivity index (χ4n) is 2.74. The molecule has 1 aliphatic rings. The Hall–Kier alpha value is -2.64. The fourth-order valence-corrected chi connectivity index (χ4v) is 2.74. The molecule has 24 heavy (non-hydrogen) atoms. The number of furan rings is 1. The molecule has 1 heterocycles. The second-order valence-corrected chi connectivity index (χ2v) is 5.39. The molecule has 8 heteroatoms. The van der Waals surface area contributed by atoms with Crippen molar-refractivity contribution in [3.8, 4) is 5.75 Å². The lowest BCUT2D eigenvalue weighted by atomic mass is 9.93. The third-order valence-electron chi connectivity index (χ3n) is 3.72. The van der Waals surface area contributed by atoms with Crippen molar-refractivity contribution in [2.45, 2.75) is 31.7 Å². The zero-order chi connectivity index (χ0) is 17.2. The summed E-state index contributed by atoms with van der Waals surface area (Å²) >= 11 is 0. The van der Waals surface area contributed by atoms with Crippen LogP contribution in [0.2, 0.25) is 0 Å². The van der Waals surface area contributed by atoms with Gasteiger partial charge in [0.2, 0.25) is 0 Å². The first-order valence-electron chi connectivity index (χ1n) is 7.41. The number of hydrogen-bond acceptors (Lipinski definition) is 3. The molecule has 0 saturated carbocycles. The summed E-state index contributed by atoms with van der Waals surface area (Å²) < 4.78 is 46.5. The van der Waals surface area contributed by atoms with Crippen LogP contribution >= 0.6 is 0 Å². The number of carbonyl (C=O) groups excluding carboxylic acids is 1. The molecule has 0 bridgehead atoms. The number of nitrogens with one attached hydrogen (secondary N) is 2. The Morgan fingerprint density at radius 2 is 2.04 bits per heavy atom. The highest BCUT2D eigenvalue weighted by atomic mass is 19.4. The van der Waals surface area contributed by atoms with Crippen LogP contribution in [0.25, 0.3) is 0 Å². The van der Waals surface area contributed by atoms with Crippen LogP contribution in [-0.4, -0.2) is 12.4 Å². The summed E-state index contributed by atoms with van der Waals surface area (Å²) in [5.74, 6) is 0.361. The minimum Gasteiger partial charge on any atom is -0.469 e. The molecule has 0 fully saturated rings. The van der Waals surface area contributed by atoms with E-state index in [1.165, 1.54) is 18.2 Å². The lowest BCUT2D eigenvalue weighted by Crippen LogP contribution is -2.34. The van der Waals surface area contributed by atoms with Crippen LogP contribution < -0.4 is 15.4 Å². The lowest BCUT2D eigenvalue weighted by Gasteiger charge is -2.23. The Labute approximate surface area is 135 Å². The van der Waals surface area contributed by atoms with Gasteiger partial charge in [-0.25, -0.2) is 4.79 Å². The van der Waals surface area contributed by atoms with Crippen molar-refractivity contribution in [3.63, 3.8) is 0 Å². The van der Waals surface area contributed by atoms with Crippen LogP contribution in [0.3, 0.4) is 0 Å². The Kier molecular flexibility index (Phi) is 4.37. The highest BCUT2D eigenvalue weighted by molar-refractivity contribution is 5.91. The Morgan fingerprint density at radius 1 is 1.25 bits per heavy atom. The van der Waals surface area contributed by atoms with Crippen LogP contribution in [-0.2, 0) is 6.42 Å². The topological polar surface area (TPSA) is 63.5 Å². The second-order valence-electron chi connectivity index (χ2n) is 5.39. The molecule has 0 spiro atoms. The van der Waals surface area contributed by atoms with Crippen molar-refractivity contribution in [2.24, 2.45) is 0 Å². The van der Waals surface area contributed by atoms with Crippen LogP contribution in [0.5, 0.6) is 5.75 Å². The number of alkyl halides is 3. The molecule has 128 valence electrons. The molecule has 1 aromatic carbocycles. The van der Waals surface area contributed by atoms with Crippen molar-refractivity contribution < 1.29 is 27.1 Å². The van der Waals surface area contributed by atoms with E-state index in [1.807, 2.05) is 0 Å². The van der Waals surface area contributed by atoms with E-state index in [0.717, 1.165) is 36.7 Å². The van der Waals surface area contributed by atoms with E-state index in [9.17, 15) is 18.0 Å². The SMILES string of the molecule is O=C(Nc1ccccc1OC(F)(F)F)NC1CCCc2occc21. The summed E-state index contributed by atoms with van der Waals surface area (Å²) in [6, 6.07) is 6.33. The first-order valence-corrected chi connectivity index (χ1v) is 7.41. The van der Waals surface area contributed by atoms with Gasteiger partial charge in [-0.3, -0.25) is 0 Å². The summed E-state index contributed by atoms with van der Waals surface area (Å²) in [6.07, 6.45) is -0.858. The number of ether oxygens (including phenoxy) is 1. The van der Waals surface area contributed by atoms with Gasteiger partial charge in [-0.1, -0.05) is 12.1 Å². The van der Waals surface area contributed by atoms with Gasteiger partial charge in [0.25, 0.3) is 0 Å². The number of benzene rings is 1. The molecule has 0 aliphatic heterocycles. The van der Waals surface area contributed by atoms with Gasteiger partial charge in [0, 0.05) is 12.0 Å². The molecule has 2 aromatic rings. The number of aryl methyl sites for hydroxylation is 1. The summed E-state index contributed by atoms with van der Waals surface area (Å²) in [7, 11) is 0. The van der Waals surface area contributed by atoms with Crippen LogP contribution in [0.15, 0.2) is 41.0 Å². The van der Waals surface area contributed by atoms with Gasteiger partial charge in [-0.05, 0) is 31.0 Å². The number of amides is 2. The standard InChI is InChI=1S/C16H15F3N2O3/c17-16(18,19)24-14-6-2-1-4-12(14)21-15(22)20-11-5-3-7-13-10(11)8-9-23-13/h1-2,4,6,8-9,11H,3,5,7H2,(H2,20,21,22). The predicted octanol–water partition coefficient (Wildman–Crippen LogP) is 4.38. The van der Waals surface area contributed by atoms with Gasteiger partial charge in [0.15, 0.2) is 5.75 Å². The van der Waals surface area contributed by atoms with E-state index in [2.05, 4.69) is 15.4 Å². The number of hydrogen-bond donors (Lipinski definition) is 2. The number of halogens is 3. The van der Waals surface area contributed by atoms with Crippen LogP contribution in [0, 0.1) is 0 Å². The Morgan fingerprint density at radius 3 is 2.83 bits per heavy atom. The van der Waals surface area contributed by atoms with Gasteiger partial charge in [-0.15, -0.1) is 13.2 Å². The van der Waals surface area contributed by atoms with E-state index < -0.39 is 18.1 Å². The third kappa shape index (κ3) is 3.81. The van der Waals surface area contributed by atoms with Crippen LogP contribution in [0.1, 0.15) is 30.2 Å². The van der Waals surface area contributed by atoms with E-state index in [4.69, 9.17) is 4.42 Å². The van der Waals surface area contributed by atoms with E-state index in [1.54, 1.807) is 12.3 Å². The van der Waals surface area contributed by atoms with Crippen molar-refractivity contribution in [3.05, 3.63) is 47.9 Å². The number of rotatable bonds is 3. The Balaban J connectivity index is 1.68. The maximum absolute atomic E-state index is 12.4. The molecular formula is C16H15F3N2O3. The summed E-state index contributed by atoms with van der Waals surface area (Å²) in [5.41, 5.74) is 0.840. The Bertz CT molecular complexity index is 727. The number of carbonyl (C=O) groups is 1. The zero-order valence-corrected chi connectivity index (χ0v) is 12.5. The molecule has 0 saturated heterocycles. The maximum atomic E-state index is 12.4. The molecule has 2 amide bonds. The van der Waals surface area contributed by atoms with Crippen LogP contribution in [0.4, 0.5) is 23.7 Å². The molecule has 3 rings (SSSR count). The molecule has 5 nitrogen and oxygen atoms in total. The van der Waals surface area contributed by atoms with E-state index >= 15 is 0 Å². The average molecular weight is 340 g/mol. The normalized spacial score (nSPS) is 17.0. The number of para-hydroxylation sites is 2. The molecule has 1 aliphatic carbocycles. The molecule has 0 radical (unpaired) electrons. The van der Waals surface area contributed by atoms with E-state index in [0.29, 0.717) is 0 Å². The molecular weight excluding hydrogens is 325 g/mol.